The molecule has 0 atom stereocenters. The Bertz CT molecular complexity index is 958. The summed E-state index contributed by atoms with van der Waals surface area (Å²) in [6, 6.07) is 12.9. The molecule has 0 spiro atoms. The zero-order valence-corrected chi connectivity index (χ0v) is 18.9. The first kappa shape index (κ1) is 22.8. The molecule has 1 heterocycles. The molecule has 0 aliphatic heterocycles. The molecule has 0 amide bonds. The number of allylic oxidation sites excluding steroid dienone is 1. The molecule has 1 aromatic heterocycles. The zero-order valence-electron chi connectivity index (χ0n) is 18.9. The average molecular weight is 395 g/mol. The fourth-order valence-electron chi connectivity index (χ4n) is 3.28. The molecule has 3 rings (SSSR count). The van der Waals surface area contributed by atoms with Crippen LogP contribution in [0, 0.1) is 6.92 Å². The number of benzene rings is 2. The van der Waals surface area contributed by atoms with Crippen LogP contribution >= 0.6 is 0 Å². The molecular formula is C26H34O3. The fourth-order valence-corrected chi connectivity index (χ4v) is 3.28. The van der Waals surface area contributed by atoms with Crippen molar-refractivity contribution < 1.29 is 13.9 Å². The molecule has 0 bridgehead atoms. The highest BCUT2D eigenvalue weighted by molar-refractivity contribution is 5.86. The summed E-state index contributed by atoms with van der Waals surface area (Å²) in [4.78, 5) is 0. The zero-order chi connectivity index (χ0) is 21.6. The molecule has 0 saturated heterocycles. The normalized spacial score (nSPS) is 11.1. The minimum atomic E-state index is -0.0284. The number of hydrogen-bond acceptors (Lipinski definition) is 3. The summed E-state index contributed by atoms with van der Waals surface area (Å²) in [6.45, 7) is 16.3. The molecule has 0 saturated carbocycles. The van der Waals surface area contributed by atoms with Gasteiger partial charge in [0.2, 0.25) is 0 Å². The highest BCUT2D eigenvalue weighted by atomic mass is 16.7. The number of hydrogen-bond donors (Lipinski definition) is 0. The summed E-state index contributed by atoms with van der Waals surface area (Å²) < 4.78 is 17.0. The molecule has 0 aliphatic rings. The van der Waals surface area contributed by atoms with Crippen LogP contribution < -0.4 is 4.74 Å². The van der Waals surface area contributed by atoms with Gasteiger partial charge in [-0.3, -0.25) is 0 Å². The maximum Gasteiger partial charge on any atom is 0.188 e. The second kappa shape index (κ2) is 9.80. The summed E-state index contributed by atoms with van der Waals surface area (Å²) in [5.74, 6) is 1.82. The van der Waals surface area contributed by atoms with Gasteiger partial charge in [0.15, 0.2) is 6.79 Å². The predicted molar refractivity (Wildman–Crippen MR) is 123 cm³/mol. The Morgan fingerprint density at radius 2 is 1.79 bits per heavy atom. The largest absolute Gasteiger partial charge is 0.467 e. The molecule has 0 unspecified atom stereocenters. The lowest BCUT2D eigenvalue weighted by molar-refractivity contribution is 0.0502. The van der Waals surface area contributed by atoms with E-state index in [0.29, 0.717) is 0 Å². The number of aryl methyl sites for hydroxylation is 2. The monoisotopic (exact) mass is 394 g/mol. The maximum atomic E-state index is 6.07. The second-order valence-electron chi connectivity index (χ2n) is 8.19. The molecule has 3 heteroatoms. The molecule has 0 fully saturated rings. The third-order valence-corrected chi connectivity index (χ3v) is 4.64. The first-order valence-corrected chi connectivity index (χ1v) is 10.1. The van der Waals surface area contributed by atoms with Crippen molar-refractivity contribution in [2.75, 3.05) is 13.9 Å². The predicted octanol–water partition coefficient (Wildman–Crippen LogP) is 7.44. The van der Waals surface area contributed by atoms with Gasteiger partial charge in [-0.05, 0) is 61.1 Å². The van der Waals surface area contributed by atoms with Gasteiger partial charge < -0.3 is 13.9 Å². The summed E-state index contributed by atoms with van der Waals surface area (Å²) in [7, 11) is 1.65. The van der Waals surface area contributed by atoms with Crippen LogP contribution in [0.25, 0.3) is 22.1 Å². The van der Waals surface area contributed by atoms with Gasteiger partial charge in [-0.2, -0.15) is 0 Å². The Hall–Kier alpha value is -2.52. The molecule has 0 aliphatic carbocycles. The molecule has 2 aromatic carbocycles. The first-order valence-electron chi connectivity index (χ1n) is 10.1. The minimum absolute atomic E-state index is 0.0284. The number of methoxy groups -OCH3 is 1. The van der Waals surface area contributed by atoms with Crippen molar-refractivity contribution >= 4 is 11.0 Å². The van der Waals surface area contributed by atoms with Gasteiger partial charge in [0.05, 0.1) is 0 Å². The number of ether oxygens (including phenoxy) is 2. The van der Waals surface area contributed by atoms with Crippen molar-refractivity contribution in [1.82, 2.24) is 0 Å². The molecule has 156 valence electrons. The highest BCUT2D eigenvalue weighted by Crippen LogP contribution is 2.41. The summed E-state index contributed by atoms with van der Waals surface area (Å²) >= 11 is 0. The van der Waals surface area contributed by atoms with Crippen LogP contribution in [0.3, 0.4) is 0 Å². The lowest BCUT2D eigenvalue weighted by Gasteiger charge is -2.26. The van der Waals surface area contributed by atoms with Crippen molar-refractivity contribution in [3.8, 4) is 16.9 Å². The SMILES string of the molecule is C=CC.CCc1cc(-c2ccc3oc(C)cc3c2)c(OCOC)c(C(C)(C)C)c1. The van der Waals surface area contributed by atoms with Crippen LogP contribution in [0.2, 0.25) is 0 Å². The van der Waals surface area contributed by atoms with E-state index in [2.05, 4.69) is 64.6 Å². The van der Waals surface area contributed by atoms with E-state index in [9.17, 15) is 0 Å². The van der Waals surface area contributed by atoms with Crippen molar-refractivity contribution in [1.29, 1.82) is 0 Å². The number of fused-ring (bicyclic) bond motifs is 1. The summed E-state index contributed by atoms with van der Waals surface area (Å²) in [5, 5.41) is 1.11. The van der Waals surface area contributed by atoms with E-state index >= 15 is 0 Å². The standard InChI is InChI=1S/C23H28O3.C3H6/c1-7-16-11-19(17-8-9-21-18(13-17)10-15(2)26-21)22(25-14-24-6)20(12-16)23(3,4)5;1-3-2/h8-13H,7,14H2,1-6H3;3H,1H2,2H3. The molecule has 0 N–H and O–H groups in total. The van der Waals surface area contributed by atoms with Gasteiger partial charge in [0, 0.05) is 23.6 Å². The fraction of sp³-hybridized carbons (Fsp3) is 0.385. The van der Waals surface area contributed by atoms with Crippen LogP contribution in [-0.2, 0) is 16.6 Å². The Kier molecular flexibility index (Phi) is 7.69. The van der Waals surface area contributed by atoms with Gasteiger partial charge in [-0.15, -0.1) is 6.58 Å². The number of furan rings is 1. The Labute approximate surface area is 175 Å². The van der Waals surface area contributed by atoms with Crippen LogP contribution in [0.5, 0.6) is 5.75 Å². The van der Waals surface area contributed by atoms with E-state index in [4.69, 9.17) is 13.9 Å². The lowest BCUT2D eigenvalue weighted by atomic mass is 9.82. The van der Waals surface area contributed by atoms with Crippen molar-refractivity contribution in [2.24, 2.45) is 0 Å². The Balaban J connectivity index is 0.000000941. The van der Waals surface area contributed by atoms with E-state index in [0.717, 1.165) is 40.0 Å². The van der Waals surface area contributed by atoms with Crippen LogP contribution in [0.15, 0.2) is 53.5 Å². The van der Waals surface area contributed by atoms with E-state index < -0.39 is 0 Å². The van der Waals surface area contributed by atoms with Gasteiger partial charge in [-0.1, -0.05) is 45.9 Å². The third-order valence-electron chi connectivity index (χ3n) is 4.64. The topological polar surface area (TPSA) is 31.6 Å². The lowest BCUT2D eigenvalue weighted by Crippen LogP contribution is -2.15. The van der Waals surface area contributed by atoms with Crippen LogP contribution in [-0.4, -0.2) is 13.9 Å². The molecular weight excluding hydrogens is 360 g/mol. The summed E-state index contributed by atoms with van der Waals surface area (Å²) in [5.41, 5.74) is 5.62. The van der Waals surface area contributed by atoms with Gasteiger partial charge in [0.25, 0.3) is 0 Å². The van der Waals surface area contributed by atoms with Gasteiger partial charge in [0.1, 0.15) is 17.1 Å². The van der Waals surface area contributed by atoms with Gasteiger partial charge >= 0.3 is 0 Å². The third kappa shape index (κ3) is 5.51. The van der Waals surface area contributed by atoms with E-state index in [-0.39, 0.29) is 12.2 Å². The molecule has 3 nitrogen and oxygen atoms in total. The quantitative estimate of drug-likeness (QED) is 0.333. The van der Waals surface area contributed by atoms with Crippen LogP contribution in [0.1, 0.15) is 51.5 Å². The highest BCUT2D eigenvalue weighted by Gasteiger charge is 2.23. The molecule has 3 aromatic rings. The van der Waals surface area contributed by atoms with Crippen molar-refractivity contribution in [3.63, 3.8) is 0 Å². The maximum absolute atomic E-state index is 6.07. The van der Waals surface area contributed by atoms with E-state index in [1.165, 1.54) is 11.1 Å². The molecule has 29 heavy (non-hydrogen) atoms. The van der Waals surface area contributed by atoms with Crippen molar-refractivity contribution in [3.05, 3.63) is 65.9 Å². The van der Waals surface area contributed by atoms with E-state index in [1.54, 1.807) is 13.2 Å². The van der Waals surface area contributed by atoms with Crippen molar-refractivity contribution in [2.45, 2.75) is 53.4 Å². The molecule has 0 radical (unpaired) electrons. The van der Waals surface area contributed by atoms with Crippen LogP contribution in [0.4, 0.5) is 0 Å². The Morgan fingerprint density at radius 3 is 2.38 bits per heavy atom. The Morgan fingerprint density at radius 1 is 1.10 bits per heavy atom. The smallest absolute Gasteiger partial charge is 0.188 e. The number of rotatable bonds is 5. The summed E-state index contributed by atoms with van der Waals surface area (Å²) in [6.07, 6.45) is 2.73. The second-order valence-corrected chi connectivity index (χ2v) is 8.19. The first-order chi connectivity index (χ1) is 13.7. The van der Waals surface area contributed by atoms with E-state index in [1.807, 2.05) is 19.9 Å². The minimum Gasteiger partial charge on any atom is -0.467 e. The average Bonchev–Trinajstić information content (AvgIpc) is 3.04. The van der Waals surface area contributed by atoms with Gasteiger partial charge in [-0.25, -0.2) is 0 Å².